The minimum atomic E-state index is 0.893. The van der Waals surface area contributed by atoms with Crippen LogP contribution in [0.2, 0.25) is 0 Å². The number of furan rings is 1. The van der Waals surface area contributed by atoms with Crippen LogP contribution in [0.15, 0.2) is 217 Å². The average molecular weight is 770 g/mol. The molecule has 0 aliphatic heterocycles. The Morgan fingerprint density at radius 1 is 0.356 bits per heavy atom. The number of thiophene rings is 1. The predicted molar refractivity (Wildman–Crippen MR) is 253 cm³/mol. The third-order valence-electron chi connectivity index (χ3n) is 11.9. The van der Waals surface area contributed by atoms with E-state index in [-0.39, 0.29) is 0 Å². The third kappa shape index (κ3) is 5.40. The topological polar surface area (TPSA) is 16.4 Å². The number of rotatable bonds is 6. The van der Waals surface area contributed by atoms with Gasteiger partial charge in [-0.25, -0.2) is 0 Å². The first-order chi connectivity index (χ1) is 29.3. The highest BCUT2D eigenvalue weighted by molar-refractivity contribution is 7.26. The third-order valence-corrected chi connectivity index (χ3v) is 13.1. The summed E-state index contributed by atoms with van der Waals surface area (Å²) in [6, 6.07) is 76.9. The van der Waals surface area contributed by atoms with Crippen molar-refractivity contribution in [3.8, 4) is 33.4 Å². The highest BCUT2D eigenvalue weighted by Gasteiger charge is 2.23. The number of fused-ring (bicyclic) bond motifs is 9. The summed E-state index contributed by atoms with van der Waals surface area (Å²) in [5.41, 5.74) is 12.2. The summed E-state index contributed by atoms with van der Waals surface area (Å²) in [7, 11) is 0. The van der Waals surface area contributed by atoms with Crippen molar-refractivity contribution >= 4 is 92.1 Å². The molecule has 59 heavy (non-hydrogen) atoms. The molecule has 2 heterocycles. The first kappa shape index (κ1) is 33.7. The Labute approximate surface area is 345 Å². The molecule has 0 unspecified atom stereocenters. The molecule has 10 aromatic carbocycles. The van der Waals surface area contributed by atoms with Crippen LogP contribution in [0.3, 0.4) is 0 Å². The molecule has 0 bridgehead atoms. The molecule has 0 amide bonds. The van der Waals surface area contributed by atoms with Crippen molar-refractivity contribution in [2.75, 3.05) is 4.90 Å². The van der Waals surface area contributed by atoms with E-state index in [0.29, 0.717) is 0 Å². The van der Waals surface area contributed by atoms with Gasteiger partial charge in [0, 0.05) is 47.6 Å². The van der Waals surface area contributed by atoms with Crippen LogP contribution in [0.4, 0.5) is 17.1 Å². The van der Waals surface area contributed by atoms with Crippen LogP contribution >= 0.6 is 11.3 Å². The maximum absolute atomic E-state index is 6.65. The van der Waals surface area contributed by atoms with E-state index in [4.69, 9.17) is 4.42 Å². The van der Waals surface area contributed by atoms with Gasteiger partial charge in [-0.05, 0) is 86.4 Å². The second-order valence-corrected chi connectivity index (χ2v) is 16.2. The van der Waals surface area contributed by atoms with E-state index in [9.17, 15) is 0 Å². The van der Waals surface area contributed by atoms with E-state index >= 15 is 0 Å². The van der Waals surface area contributed by atoms with Crippen molar-refractivity contribution in [3.63, 3.8) is 0 Å². The predicted octanol–water partition coefficient (Wildman–Crippen LogP) is 16.7. The van der Waals surface area contributed by atoms with Crippen molar-refractivity contribution in [3.05, 3.63) is 212 Å². The van der Waals surface area contributed by atoms with Crippen LogP contribution in [0.25, 0.3) is 97.0 Å². The number of hydrogen-bond acceptors (Lipinski definition) is 3. The van der Waals surface area contributed by atoms with Crippen LogP contribution in [0.1, 0.15) is 0 Å². The molecule has 0 N–H and O–H groups in total. The molecule has 0 fully saturated rings. The summed E-state index contributed by atoms with van der Waals surface area (Å²) < 4.78 is 9.22. The fraction of sp³-hybridized carbons (Fsp3) is 0. The maximum atomic E-state index is 6.65. The summed E-state index contributed by atoms with van der Waals surface area (Å²) in [6.45, 7) is 0. The van der Waals surface area contributed by atoms with E-state index < -0.39 is 0 Å². The molecule has 2 aromatic heterocycles. The van der Waals surface area contributed by atoms with Crippen LogP contribution in [0, 0.1) is 0 Å². The Bertz CT molecular complexity index is 3550. The van der Waals surface area contributed by atoms with Crippen molar-refractivity contribution in [1.82, 2.24) is 0 Å². The normalized spacial score (nSPS) is 11.7. The first-order valence-corrected chi connectivity index (χ1v) is 20.9. The minimum absolute atomic E-state index is 0.893. The Morgan fingerprint density at radius 3 is 1.80 bits per heavy atom. The van der Waals surface area contributed by atoms with Gasteiger partial charge >= 0.3 is 0 Å². The Hall–Kier alpha value is -7.46. The molecule has 0 aliphatic rings. The van der Waals surface area contributed by atoms with Crippen molar-refractivity contribution < 1.29 is 4.42 Å². The Morgan fingerprint density at radius 2 is 0.983 bits per heavy atom. The SMILES string of the molecule is c1ccc(-c2ccc(-c3ccc(N(c4cccc5c4ccc4ccccc45)c4ccc(-c5ccccc5)c5sc6ccccc6c45)cc3)c3c2oc2ccccc23)cc1. The summed E-state index contributed by atoms with van der Waals surface area (Å²) in [4.78, 5) is 2.48. The minimum Gasteiger partial charge on any atom is -0.455 e. The second-order valence-electron chi connectivity index (χ2n) is 15.2. The maximum Gasteiger partial charge on any atom is 0.143 e. The van der Waals surface area contributed by atoms with Crippen molar-refractivity contribution in [1.29, 1.82) is 0 Å². The number of hydrogen-bond donors (Lipinski definition) is 0. The monoisotopic (exact) mass is 769 g/mol. The highest BCUT2D eigenvalue weighted by Crippen LogP contribution is 2.50. The standard InChI is InChI=1S/C56H35NOS/c1-3-14-36(15-4-1)43-33-32-42(53-47-20-9-11-24-51(47)58-55(43)53)39-26-29-40(30-27-39)57(49-23-13-22-45-41-19-8-7-18-38(41)28-31-46(45)49)50-35-34-44(37-16-5-2-6-17-37)56-54(50)48-21-10-12-25-52(48)59-56/h1-35H. The van der Waals surface area contributed by atoms with Crippen LogP contribution in [0.5, 0.6) is 0 Å². The highest BCUT2D eigenvalue weighted by atomic mass is 32.1. The van der Waals surface area contributed by atoms with Crippen LogP contribution in [-0.2, 0) is 0 Å². The molecule has 0 radical (unpaired) electrons. The largest absolute Gasteiger partial charge is 0.455 e. The Kier molecular flexibility index (Phi) is 7.75. The van der Waals surface area contributed by atoms with Gasteiger partial charge in [-0.2, -0.15) is 0 Å². The smallest absolute Gasteiger partial charge is 0.143 e. The van der Waals surface area contributed by atoms with Gasteiger partial charge < -0.3 is 9.32 Å². The molecule has 12 aromatic rings. The lowest BCUT2D eigenvalue weighted by atomic mass is 9.94. The van der Waals surface area contributed by atoms with Gasteiger partial charge in [-0.15, -0.1) is 11.3 Å². The van der Waals surface area contributed by atoms with E-state index in [1.807, 2.05) is 17.4 Å². The van der Waals surface area contributed by atoms with Gasteiger partial charge in [-0.1, -0.05) is 170 Å². The summed E-state index contributed by atoms with van der Waals surface area (Å²) in [6.07, 6.45) is 0. The van der Waals surface area contributed by atoms with Crippen LogP contribution < -0.4 is 4.90 Å². The van der Waals surface area contributed by atoms with E-state index in [0.717, 1.165) is 61.3 Å². The summed E-state index contributed by atoms with van der Waals surface area (Å²) >= 11 is 1.88. The number of nitrogens with zero attached hydrogens (tertiary/aromatic N) is 1. The summed E-state index contributed by atoms with van der Waals surface area (Å²) in [5.74, 6) is 0. The zero-order chi connectivity index (χ0) is 38.9. The van der Waals surface area contributed by atoms with Gasteiger partial charge in [0.15, 0.2) is 0 Å². The zero-order valence-electron chi connectivity index (χ0n) is 32.0. The van der Waals surface area contributed by atoms with Gasteiger partial charge in [0.25, 0.3) is 0 Å². The molecule has 276 valence electrons. The van der Waals surface area contributed by atoms with E-state index in [1.54, 1.807) is 0 Å². The first-order valence-electron chi connectivity index (χ1n) is 20.1. The fourth-order valence-corrected chi connectivity index (χ4v) is 10.4. The molecule has 2 nitrogen and oxygen atoms in total. The van der Waals surface area contributed by atoms with Crippen molar-refractivity contribution in [2.24, 2.45) is 0 Å². The van der Waals surface area contributed by atoms with Crippen molar-refractivity contribution in [2.45, 2.75) is 0 Å². The summed E-state index contributed by atoms with van der Waals surface area (Å²) in [5, 5.41) is 9.72. The van der Waals surface area contributed by atoms with Gasteiger partial charge in [0.1, 0.15) is 11.2 Å². The molecule has 0 atom stereocenters. The molecule has 12 rings (SSSR count). The molecule has 0 aliphatic carbocycles. The lowest BCUT2D eigenvalue weighted by Crippen LogP contribution is -2.11. The molecular weight excluding hydrogens is 735 g/mol. The van der Waals surface area contributed by atoms with E-state index in [2.05, 4.69) is 211 Å². The Balaban J connectivity index is 1.10. The molecular formula is C56H35NOS. The van der Waals surface area contributed by atoms with Gasteiger partial charge in [0.05, 0.1) is 11.4 Å². The zero-order valence-corrected chi connectivity index (χ0v) is 32.8. The average Bonchev–Trinajstić information content (AvgIpc) is 3.90. The number of anilines is 3. The quantitative estimate of drug-likeness (QED) is 0.157. The molecule has 0 saturated heterocycles. The fourth-order valence-electron chi connectivity index (χ4n) is 9.17. The van der Waals surface area contributed by atoms with Gasteiger partial charge in [0.2, 0.25) is 0 Å². The van der Waals surface area contributed by atoms with Gasteiger partial charge in [-0.3, -0.25) is 0 Å². The lowest BCUT2D eigenvalue weighted by molar-refractivity contribution is 0.670. The molecule has 0 saturated carbocycles. The van der Waals surface area contributed by atoms with Crippen LogP contribution in [-0.4, -0.2) is 0 Å². The second kappa shape index (κ2) is 13.6. The molecule has 3 heteroatoms. The molecule has 0 spiro atoms. The van der Waals surface area contributed by atoms with E-state index in [1.165, 1.54) is 52.8 Å². The number of para-hydroxylation sites is 1. The number of benzene rings is 10. The lowest BCUT2D eigenvalue weighted by Gasteiger charge is -2.28.